The summed E-state index contributed by atoms with van der Waals surface area (Å²) in [6, 6.07) is 0. The molecule has 0 atom stereocenters. The van der Waals surface area contributed by atoms with Gasteiger partial charge in [0.1, 0.15) is 5.82 Å². The molecule has 0 aromatic carbocycles. The van der Waals surface area contributed by atoms with Gasteiger partial charge in [-0.1, -0.05) is 6.92 Å². The van der Waals surface area contributed by atoms with Crippen LogP contribution in [0.3, 0.4) is 0 Å². The molecule has 1 rings (SSSR count). The van der Waals surface area contributed by atoms with E-state index in [9.17, 15) is 0 Å². The van der Waals surface area contributed by atoms with Crippen LogP contribution in [0.1, 0.15) is 12.7 Å². The van der Waals surface area contributed by atoms with Gasteiger partial charge in [0.15, 0.2) is 0 Å². The molecule has 1 aromatic rings. The fourth-order valence-electron chi connectivity index (χ4n) is 0.887. The van der Waals surface area contributed by atoms with Crippen molar-refractivity contribution in [1.29, 1.82) is 0 Å². The molecule has 10 heavy (non-hydrogen) atoms. The highest BCUT2D eigenvalue weighted by Gasteiger charge is 2.02. The Labute approximate surface area is 60.3 Å². The monoisotopic (exact) mass is 140 g/mol. The van der Waals surface area contributed by atoms with Crippen molar-refractivity contribution in [2.75, 3.05) is 12.4 Å². The summed E-state index contributed by atoms with van der Waals surface area (Å²) in [6.45, 7) is 2.06. The second kappa shape index (κ2) is 2.68. The minimum Gasteiger partial charge on any atom is -0.357 e. The number of nitrogens with one attached hydrogen (secondary N) is 1. The largest absolute Gasteiger partial charge is 0.357 e. The molecule has 0 radical (unpaired) electrons. The second-order valence-electron chi connectivity index (χ2n) is 2.10. The van der Waals surface area contributed by atoms with Crippen molar-refractivity contribution in [3.05, 3.63) is 5.82 Å². The van der Waals surface area contributed by atoms with Gasteiger partial charge in [0.2, 0.25) is 5.95 Å². The van der Waals surface area contributed by atoms with Gasteiger partial charge in [-0.05, 0) is 0 Å². The van der Waals surface area contributed by atoms with E-state index < -0.39 is 0 Å². The molecule has 4 heteroatoms. The van der Waals surface area contributed by atoms with Gasteiger partial charge >= 0.3 is 0 Å². The van der Waals surface area contributed by atoms with Crippen LogP contribution < -0.4 is 5.32 Å². The number of rotatable bonds is 2. The molecular formula is C6H12N4. The highest BCUT2D eigenvalue weighted by molar-refractivity contribution is 5.23. The van der Waals surface area contributed by atoms with E-state index in [0.717, 1.165) is 18.2 Å². The topological polar surface area (TPSA) is 42.7 Å². The van der Waals surface area contributed by atoms with Crippen LogP contribution in [0.25, 0.3) is 0 Å². The Bertz CT molecular complexity index is 194. The molecule has 0 fully saturated rings. The van der Waals surface area contributed by atoms with Crippen LogP contribution in [-0.4, -0.2) is 21.8 Å². The van der Waals surface area contributed by atoms with Crippen LogP contribution in [0.15, 0.2) is 0 Å². The molecule has 0 bridgehead atoms. The average Bonchev–Trinajstić information content (AvgIpc) is 2.30. The van der Waals surface area contributed by atoms with Crippen molar-refractivity contribution in [2.45, 2.75) is 13.3 Å². The number of aromatic nitrogens is 3. The molecule has 0 aliphatic rings. The highest BCUT2D eigenvalue weighted by Crippen LogP contribution is 2.02. The van der Waals surface area contributed by atoms with Crippen molar-refractivity contribution in [1.82, 2.24) is 14.8 Å². The van der Waals surface area contributed by atoms with Crippen LogP contribution in [0.2, 0.25) is 0 Å². The maximum Gasteiger partial charge on any atom is 0.224 e. The van der Waals surface area contributed by atoms with E-state index in [1.165, 1.54) is 0 Å². The number of anilines is 1. The molecular weight excluding hydrogens is 128 g/mol. The summed E-state index contributed by atoms with van der Waals surface area (Å²) in [5.74, 6) is 1.82. The summed E-state index contributed by atoms with van der Waals surface area (Å²) in [7, 11) is 3.79. The first kappa shape index (κ1) is 7.05. The first-order chi connectivity index (χ1) is 4.79. The predicted octanol–water partition coefficient (Wildman–Crippen LogP) is 0.419. The molecule has 0 unspecified atom stereocenters. The first-order valence-corrected chi connectivity index (χ1v) is 3.35. The van der Waals surface area contributed by atoms with E-state index in [1.54, 1.807) is 0 Å². The molecule has 1 heterocycles. The summed E-state index contributed by atoms with van der Waals surface area (Å²) < 4.78 is 1.94. The van der Waals surface area contributed by atoms with Crippen molar-refractivity contribution in [3.8, 4) is 0 Å². The lowest BCUT2D eigenvalue weighted by Gasteiger charge is -1.98. The molecule has 56 valence electrons. The number of aryl methyl sites for hydroxylation is 1. The Morgan fingerprint density at radius 2 is 2.20 bits per heavy atom. The lowest BCUT2D eigenvalue weighted by atomic mass is 10.5. The fourth-order valence-corrected chi connectivity index (χ4v) is 0.887. The molecule has 0 aliphatic carbocycles. The summed E-state index contributed by atoms with van der Waals surface area (Å²) in [5, 5.41) is 10.8. The molecule has 0 aliphatic heterocycles. The molecule has 1 aromatic heterocycles. The lowest BCUT2D eigenvalue weighted by molar-refractivity contribution is 0.811. The van der Waals surface area contributed by atoms with E-state index in [1.807, 2.05) is 18.7 Å². The normalized spacial score (nSPS) is 9.90. The third-order valence-electron chi connectivity index (χ3n) is 1.50. The van der Waals surface area contributed by atoms with Crippen LogP contribution >= 0.6 is 0 Å². The SMILES string of the molecule is CCc1nnc(NC)n1C. The zero-order valence-electron chi connectivity index (χ0n) is 6.55. The quantitative estimate of drug-likeness (QED) is 0.647. The Morgan fingerprint density at radius 3 is 2.50 bits per heavy atom. The fraction of sp³-hybridized carbons (Fsp3) is 0.667. The zero-order chi connectivity index (χ0) is 7.56. The van der Waals surface area contributed by atoms with E-state index in [2.05, 4.69) is 22.4 Å². The zero-order valence-corrected chi connectivity index (χ0v) is 6.55. The molecule has 4 nitrogen and oxygen atoms in total. The van der Waals surface area contributed by atoms with Crippen molar-refractivity contribution in [3.63, 3.8) is 0 Å². The number of nitrogens with zero attached hydrogens (tertiary/aromatic N) is 3. The van der Waals surface area contributed by atoms with Crippen molar-refractivity contribution < 1.29 is 0 Å². The van der Waals surface area contributed by atoms with Gasteiger partial charge in [-0.3, -0.25) is 0 Å². The van der Waals surface area contributed by atoms with E-state index in [-0.39, 0.29) is 0 Å². The molecule has 0 amide bonds. The standard InChI is InChI=1S/C6H12N4/c1-4-5-8-9-6(7-2)10(5)3/h4H2,1-3H3,(H,7,9). The van der Waals surface area contributed by atoms with Gasteiger partial charge in [0.25, 0.3) is 0 Å². The highest BCUT2D eigenvalue weighted by atomic mass is 15.3. The smallest absolute Gasteiger partial charge is 0.224 e. The third-order valence-corrected chi connectivity index (χ3v) is 1.50. The van der Waals surface area contributed by atoms with Crippen LogP contribution in [0.4, 0.5) is 5.95 Å². The molecule has 0 saturated carbocycles. The molecule has 0 saturated heterocycles. The Hall–Kier alpha value is -1.06. The van der Waals surface area contributed by atoms with E-state index >= 15 is 0 Å². The lowest BCUT2D eigenvalue weighted by Crippen LogP contribution is -2.01. The Kier molecular flexibility index (Phi) is 1.89. The van der Waals surface area contributed by atoms with Crippen LogP contribution in [0, 0.1) is 0 Å². The van der Waals surface area contributed by atoms with Gasteiger partial charge in [0.05, 0.1) is 0 Å². The maximum absolute atomic E-state index is 3.96. The van der Waals surface area contributed by atoms with Crippen LogP contribution in [0.5, 0.6) is 0 Å². The third kappa shape index (κ3) is 0.964. The van der Waals surface area contributed by atoms with Gasteiger partial charge in [-0.2, -0.15) is 0 Å². The summed E-state index contributed by atoms with van der Waals surface area (Å²) in [6.07, 6.45) is 0.922. The van der Waals surface area contributed by atoms with Crippen molar-refractivity contribution >= 4 is 5.95 Å². The van der Waals surface area contributed by atoms with Gasteiger partial charge < -0.3 is 9.88 Å². The molecule has 0 spiro atoms. The van der Waals surface area contributed by atoms with E-state index in [0.29, 0.717) is 0 Å². The Balaban J connectivity index is 2.97. The van der Waals surface area contributed by atoms with Gasteiger partial charge in [-0.15, -0.1) is 10.2 Å². The summed E-state index contributed by atoms with van der Waals surface area (Å²) in [4.78, 5) is 0. The number of hydrogen-bond acceptors (Lipinski definition) is 3. The Morgan fingerprint density at radius 1 is 1.50 bits per heavy atom. The summed E-state index contributed by atoms with van der Waals surface area (Å²) >= 11 is 0. The van der Waals surface area contributed by atoms with Gasteiger partial charge in [0, 0.05) is 20.5 Å². The maximum atomic E-state index is 3.96. The van der Waals surface area contributed by atoms with Crippen LogP contribution in [-0.2, 0) is 13.5 Å². The minimum absolute atomic E-state index is 0.817. The average molecular weight is 140 g/mol. The second-order valence-corrected chi connectivity index (χ2v) is 2.10. The van der Waals surface area contributed by atoms with E-state index in [4.69, 9.17) is 0 Å². The summed E-state index contributed by atoms with van der Waals surface area (Å²) in [5.41, 5.74) is 0. The predicted molar refractivity (Wildman–Crippen MR) is 39.9 cm³/mol. The number of hydrogen-bond donors (Lipinski definition) is 1. The minimum atomic E-state index is 0.817. The van der Waals surface area contributed by atoms with Crippen molar-refractivity contribution in [2.24, 2.45) is 7.05 Å². The molecule has 1 N–H and O–H groups in total. The first-order valence-electron chi connectivity index (χ1n) is 3.35. The van der Waals surface area contributed by atoms with Gasteiger partial charge in [-0.25, -0.2) is 0 Å².